The van der Waals surface area contributed by atoms with Crippen molar-refractivity contribution in [2.24, 2.45) is 0 Å². The maximum atomic E-state index is 6.58. The zero-order valence-electron chi connectivity index (χ0n) is 27.3. The van der Waals surface area contributed by atoms with Crippen LogP contribution in [0.15, 0.2) is 168 Å². The minimum absolute atomic E-state index is 0.549. The quantitative estimate of drug-likeness (QED) is 0.181. The molecule has 0 saturated carbocycles. The van der Waals surface area contributed by atoms with Crippen molar-refractivity contribution in [1.29, 1.82) is 0 Å². The van der Waals surface area contributed by atoms with E-state index in [1.807, 2.05) is 73.8 Å². The number of hydrogen-bond acceptors (Lipinski definition) is 5. The molecule has 0 aliphatic rings. The molecular formula is C45H30N4O. The third-order valence-electron chi connectivity index (χ3n) is 9.06. The molecule has 50 heavy (non-hydrogen) atoms. The molecule has 9 rings (SSSR count). The summed E-state index contributed by atoms with van der Waals surface area (Å²) >= 11 is 0. The standard InChI is InChI=1S/C45H30N4O/c1-29-25-36(23-24-46-29)34-15-10-16-35(26-34)37-27-39-38-17-8-9-18-41(38)50-42(39)40(28-37)45-48-43(32-13-6-3-7-14-32)47-44(49-45)33-21-19-31(20-22-33)30-11-4-2-5-12-30/h2-28H,1H3. The summed E-state index contributed by atoms with van der Waals surface area (Å²) in [5.74, 6) is 1.74. The van der Waals surface area contributed by atoms with Crippen LogP contribution in [0.3, 0.4) is 0 Å². The predicted molar refractivity (Wildman–Crippen MR) is 202 cm³/mol. The van der Waals surface area contributed by atoms with Gasteiger partial charge in [0.25, 0.3) is 0 Å². The normalized spacial score (nSPS) is 11.3. The van der Waals surface area contributed by atoms with Gasteiger partial charge in [-0.3, -0.25) is 4.98 Å². The molecule has 0 aliphatic heterocycles. The lowest BCUT2D eigenvalue weighted by Crippen LogP contribution is -2.00. The van der Waals surface area contributed by atoms with Gasteiger partial charge in [0.05, 0.1) is 5.56 Å². The molecular weight excluding hydrogens is 613 g/mol. The molecule has 5 nitrogen and oxygen atoms in total. The largest absolute Gasteiger partial charge is 0.455 e. The first-order chi connectivity index (χ1) is 24.7. The Labute approximate surface area is 289 Å². The fourth-order valence-corrected chi connectivity index (χ4v) is 6.55. The first-order valence-electron chi connectivity index (χ1n) is 16.6. The SMILES string of the molecule is Cc1cc(-c2cccc(-c3cc(-c4nc(-c5ccccc5)nc(-c5ccc(-c6ccccc6)cc5)n4)c4oc5ccccc5c4c3)c2)ccn1. The zero-order valence-corrected chi connectivity index (χ0v) is 27.3. The molecule has 236 valence electrons. The average molecular weight is 643 g/mol. The molecule has 0 radical (unpaired) electrons. The lowest BCUT2D eigenvalue weighted by Gasteiger charge is -2.12. The number of aryl methyl sites for hydroxylation is 1. The highest BCUT2D eigenvalue weighted by Gasteiger charge is 2.20. The second kappa shape index (κ2) is 12.4. The number of fused-ring (bicyclic) bond motifs is 3. The summed E-state index contributed by atoms with van der Waals surface area (Å²) in [5, 5.41) is 2.05. The van der Waals surface area contributed by atoms with E-state index >= 15 is 0 Å². The van der Waals surface area contributed by atoms with Gasteiger partial charge in [-0.2, -0.15) is 0 Å². The van der Waals surface area contributed by atoms with Gasteiger partial charge in [0, 0.05) is 33.8 Å². The number of para-hydroxylation sites is 1. The van der Waals surface area contributed by atoms with E-state index in [0.29, 0.717) is 17.5 Å². The number of rotatable bonds is 6. The van der Waals surface area contributed by atoms with Crippen LogP contribution >= 0.6 is 0 Å². The molecule has 0 N–H and O–H groups in total. The summed E-state index contributed by atoms with van der Waals surface area (Å²) in [4.78, 5) is 19.6. The van der Waals surface area contributed by atoms with Crippen molar-refractivity contribution in [3.8, 4) is 67.5 Å². The number of aromatic nitrogens is 4. The van der Waals surface area contributed by atoms with Gasteiger partial charge in [-0.1, -0.05) is 121 Å². The average Bonchev–Trinajstić information content (AvgIpc) is 3.57. The zero-order chi connectivity index (χ0) is 33.4. The van der Waals surface area contributed by atoms with Gasteiger partial charge in [-0.05, 0) is 76.7 Å². The number of furan rings is 1. The number of benzene rings is 6. The van der Waals surface area contributed by atoms with Crippen molar-refractivity contribution in [3.05, 3.63) is 170 Å². The van der Waals surface area contributed by atoms with E-state index in [9.17, 15) is 0 Å². The van der Waals surface area contributed by atoms with Crippen molar-refractivity contribution >= 4 is 21.9 Å². The maximum absolute atomic E-state index is 6.58. The molecule has 9 aromatic rings. The number of hydrogen-bond donors (Lipinski definition) is 0. The van der Waals surface area contributed by atoms with E-state index in [0.717, 1.165) is 77.7 Å². The van der Waals surface area contributed by atoms with Gasteiger partial charge in [0.2, 0.25) is 0 Å². The Morgan fingerprint density at radius 1 is 0.400 bits per heavy atom. The third-order valence-corrected chi connectivity index (χ3v) is 9.06. The second-order valence-corrected chi connectivity index (χ2v) is 12.4. The van der Waals surface area contributed by atoms with Gasteiger partial charge >= 0.3 is 0 Å². The van der Waals surface area contributed by atoms with Crippen LogP contribution < -0.4 is 0 Å². The topological polar surface area (TPSA) is 64.7 Å². The van der Waals surface area contributed by atoms with Crippen molar-refractivity contribution in [2.45, 2.75) is 6.92 Å². The molecule has 0 unspecified atom stereocenters. The monoisotopic (exact) mass is 642 g/mol. The molecule has 0 atom stereocenters. The van der Waals surface area contributed by atoms with Crippen LogP contribution in [0.5, 0.6) is 0 Å². The lowest BCUT2D eigenvalue weighted by atomic mass is 9.96. The van der Waals surface area contributed by atoms with E-state index in [4.69, 9.17) is 19.4 Å². The third kappa shape index (κ3) is 5.51. The Morgan fingerprint density at radius 3 is 1.70 bits per heavy atom. The lowest BCUT2D eigenvalue weighted by molar-refractivity contribution is 0.669. The van der Waals surface area contributed by atoms with Crippen LogP contribution in [-0.4, -0.2) is 19.9 Å². The summed E-state index contributed by atoms with van der Waals surface area (Å²) < 4.78 is 6.58. The highest BCUT2D eigenvalue weighted by molar-refractivity contribution is 6.11. The van der Waals surface area contributed by atoms with Crippen molar-refractivity contribution < 1.29 is 4.42 Å². The van der Waals surface area contributed by atoms with Gasteiger partial charge < -0.3 is 4.42 Å². The fourth-order valence-electron chi connectivity index (χ4n) is 6.55. The summed E-state index contributed by atoms with van der Waals surface area (Å²) in [6, 6.07) is 54.1. The van der Waals surface area contributed by atoms with Crippen LogP contribution in [0.25, 0.3) is 89.5 Å². The van der Waals surface area contributed by atoms with Crippen LogP contribution in [0.4, 0.5) is 0 Å². The Hall–Kier alpha value is -6.72. The molecule has 6 aromatic carbocycles. The molecule has 3 aromatic heterocycles. The Kier molecular flexibility index (Phi) is 7.29. The fraction of sp³-hybridized carbons (Fsp3) is 0.0222. The summed E-state index contributed by atoms with van der Waals surface area (Å²) in [7, 11) is 0. The highest BCUT2D eigenvalue weighted by Crippen LogP contribution is 2.40. The molecule has 0 saturated heterocycles. The first-order valence-corrected chi connectivity index (χ1v) is 16.6. The van der Waals surface area contributed by atoms with E-state index < -0.39 is 0 Å². The molecule has 0 bridgehead atoms. The van der Waals surface area contributed by atoms with Crippen LogP contribution in [0.1, 0.15) is 5.69 Å². The minimum Gasteiger partial charge on any atom is -0.455 e. The van der Waals surface area contributed by atoms with Crippen LogP contribution in [0.2, 0.25) is 0 Å². The number of nitrogens with zero attached hydrogens (tertiary/aromatic N) is 4. The summed E-state index contributed by atoms with van der Waals surface area (Å²) in [6.07, 6.45) is 1.86. The number of pyridine rings is 1. The summed E-state index contributed by atoms with van der Waals surface area (Å²) in [5.41, 5.74) is 11.8. The Bertz CT molecular complexity index is 2650. The highest BCUT2D eigenvalue weighted by atomic mass is 16.3. The molecule has 0 aliphatic carbocycles. The second-order valence-electron chi connectivity index (χ2n) is 12.4. The summed E-state index contributed by atoms with van der Waals surface area (Å²) in [6.45, 7) is 2.02. The Morgan fingerprint density at radius 2 is 0.960 bits per heavy atom. The van der Waals surface area contributed by atoms with Crippen LogP contribution in [0, 0.1) is 6.92 Å². The predicted octanol–water partition coefficient (Wildman–Crippen LogP) is 11.5. The van der Waals surface area contributed by atoms with Gasteiger partial charge in [-0.25, -0.2) is 15.0 Å². The van der Waals surface area contributed by atoms with Gasteiger partial charge in [0.15, 0.2) is 17.5 Å². The molecule has 0 fully saturated rings. The van der Waals surface area contributed by atoms with Crippen molar-refractivity contribution in [3.63, 3.8) is 0 Å². The molecule has 0 spiro atoms. The van der Waals surface area contributed by atoms with Crippen molar-refractivity contribution in [1.82, 2.24) is 19.9 Å². The van der Waals surface area contributed by atoms with E-state index in [1.165, 1.54) is 0 Å². The Balaban J connectivity index is 1.25. The smallest absolute Gasteiger partial charge is 0.167 e. The van der Waals surface area contributed by atoms with Crippen molar-refractivity contribution in [2.75, 3.05) is 0 Å². The maximum Gasteiger partial charge on any atom is 0.167 e. The molecule has 5 heteroatoms. The minimum atomic E-state index is 0.549. The van der Waals surface area contributed by atoms with E-state index in [2.05, 4.69) is 102 Å². The molecule has 0 amide bonds. The van der Waals surface area contributed by atoms with E-state index in [1.54, 1.807) is 0 Å². The van der Waals surface area contributed by atoms with Gasteiger partial charge in [0.1, 0.15) is 11.2 Å². The van der Waals surface area contributed by atoms with E-state index in [-0.39, 0.29) is 0 Å². The first kappa shape index (κ1) is 29.4. The van der Waals surface area contributed by atoms with Gasteiger partial charge in [-0.15, -0.1) is 0 Å². The molecule has 3 heterocycles. The van der Waals surface area contributed by atoms with Crippen LogP contribution in [-0.2, 0) is 0 Å².